The van der Waals surface area contributed by atoms with Crippen LogP contribution in [0.4, 0.5) is 10.5 Å². The fourth-order valence-electron chi connectivity index (χ4n) is 5.38. The summed E-state index contributed by atoms with van der Waals surface area (Å²) in [7, 11) is 0. The lowest BCUT2D eigenvalue weighted by Gasteiger charge is -2.35. The molecule has 6 heteroatoms. The van der Waals surface area contributed by atoms with E-state index in [0.29, 0.717) is 0 Å². The molecule has 0 bridgehead atoms. The van der Waals surface area contributed by atoms with Gasteiger partial charge < -0.3 is 10.2 Å². The Morgan fingerprint density at radius 1 is 0.941 bits per heavy atom. The monoisotopic (exact) mass is 455 g/mol. The van der Waals surface area contributed by atoms with Crippen LogP contribution in [0.3, 0.4) is 0 Å². The zero-order chi connectivity index (χ0) is 23.7. The Morgan fingerprint density at radius 3 is 2.38 bits per heavy atom. The largest absolute Gasteiger partial charge is 0.325 e. The molecule has 1 heterocycles. The molecule has 174 valence electrons. The average molecular weight is 456 g/mol. The summed E-state index contributed by atoms with van der Waals surface area (Å²) in [5.41, 5.74) is 0.301. The Balaban J connectivity index is 1.44. The molecule has 0 aromatic heterocycles. The van der Waals surface area contributed by atoms with Gasteiger partial charge in [0.15, 0.2) is 0 Å². The van der Waals surface area contributed by atoms with Crippen LogP contribution in [-0.2, 0) is 15.1 Å². The fraction of sp³-hybridized carbons (Fsp3) is 0.321. The molecule has 5 rings (SSSR count). The van der Waals surface area contributed by atoms with Gasteiger partial charge in [0.25, 0.3) is 5.91 Å². The molecule has 1 aliphatic heterocycles. The minimum atomic E-state index is -1.24. The normalized spacial score (nSPS) is 21.0. The number of carbonyl (C=O) groups excluding carboxylic acids is 3. The van der Waals surface area contributed by atoms with Crippen LogP contribution in [0.5, 0.6) is 0 Å². The van der Waals surface area contributed by atoms with Crippen LogP contribution in [0.15, 0.2) is 72.8 Å². The molecule has 2 aliphatic rings. The van der Waals surface area contributed by atoms with Crippen molar-refractivity contribution in [2.45, 2.75) is 50.6 Å². The second kappa shape index (κ2) is 8.93. The van der Waals surface area contributed by atoms with E-state index in [9.17, 15) is 14.4 Å². The van der Waals surface area contributed by atoms with Crippen molar-refractivity contribution in [3.8, 4) is 0 Å². The number of carbonyl (C=O) groups is 3. The van der Waals surface area contributed by atoms with Crippen molar-refractivity contribution in [1.29, 1.82) is 0 Å². The van der Waals surface area contributed by atoms with Crippen LogP contribution in [0, 0.1) is 0 Å². The number of nitrogens with zero attached hydrogens (tertiary/aromatic N) is 2. The van der Waals surface area contributed by atoms with E-state index in [0.717, 1.165) is 52.6 Å². The van der Waals surface area contributed by atoms with Gasteiger partial charge in [-0.2, -0.15) is 0 Å². The predicted octanol–water partition coefficient (Wildman–Crippen LogP) is 4.97. The van der Waals surface area contributed by atoms with E-state index in [1.165, 1.54) is 6.42 Å². The van der Waals surface area contributed by atoms with Crippen molar-refractivity contribution >= 4 is 34.3 Å². The van der Waals surface area contributed by atoms with Crippen molar-refractivity contribution in [1.82, 2.24) is 10.2 Å². The molecule has 0 unspecified atom stereocenters. The molecule has 34 heavy (non-hydrogen) atoms. The number of anilines is 1. The maximum atomic E-state index is 13.6. The molecule has 4 amide bonds. The van der Waals surface area contributed by atoms with Crippen molar-refractivity contribution in [3.63, 3.8) is 0 Å². The Kier molecular flexibility index (Phi) is 5.82. The minimum absolute atomic E-state index is 0.0777. The smallest absolute Gasteiger partial charge is 0.319 e. The molecule has 2 fully saturated rings. The Morgan fingerprint density at radius 2 is 1.62 bits per heavy atom. The van der Waals surface area contributed by atoms with E-state index in [-0.39, 0.29) is 18.5 Å². The van der Waals surface area contributed by atoms with Crippen LogP contribution >= 0.6 is 0 Å². The number of hydrogen-bond donors (Lipinski definition) is 1. The zero-order valence-electron chi connectivity index (χ0n) is 19.4. The van der Waals surface area contributed by atoms with Gasteiger partial charge in [-0.05, 0) is 48.2 Å². The van der Waals surface area contributed by atoms with Gasteiger partial charge in [0.2, 0.25) is 5.91 Å². The van der Waals surface area contributed by atoms with E-state index >= 15 is 0 Å². The number of urea groups is 1. The molecule has 1 atom stereocenters. The second-order valence-electron chi connectivity index (χ2n) is 9.36. The number of fused-ring (bicyclic) bond motifs is 1. The number of imide groups is 1. The van der Waals surface area contributed by atoms with Crippen molar-refractivity contribution in [2.24, 2.45) is 0 Å². The highest BCUT2D eigenvalue weighted by Gasteiger charge is 2.50. The SMILES string of the molecule is C[C@]1(c2cccc3ccccc23)NC(=O)N(CC(=O)N(c2ccccc2)C2CCCCC2)C1=O. The molecule has 0 radical (unpaired) electrons. The van der Waals surface area contributed by atoms with Crippen LogP contribution in [0.25, 0.3) is 10.8 Å². The second-order valence-corrected chi connectivity index (χ2v) is 9.36. The average Bonchev–Trinajstić information content (AvgIpc) is 3.09. The van der Waals surface area contributed by atoms with Crippen molar-refractivity contribution in [3.05, 3.63) is 78.4 Å². The lowest BCUT2D eigenvalue weighted by atomic mass is 9.88. The Bertz CT molecular complexity index is 1230. The van der Waals surface area contributed by atoms with E-state index in [2.05, 4.69) is 5.32 Å². The molecule has 3 aromatic carbocycles. The Hall–Kier alpha value is -3.67. The fourth-order valence-corrected chi connectivity index (χ4v) is 5.38. The van der Waals surface area contributed by atoms with Crippen molar-refractivity contribution in [2.75, 3.05) is 11.4 Å². The third-order valence-electron chi connectivity index (χ3n) is 7.14. The first-order chi connectivity index (χ1) is 16.5. The summed E-state index contributed by atoms with van der Waals surface area (Å²) in [5.74, 6) is -0.636. The first-order valence-electron chi connectivity index (χ1n) is 12.0. The summed E-state index contributed by atoms with van der Waals surface area (Å²) < 4.78 is 0. The van der Waals surface area contributed by atoms with Crippen LogP contribution in [0.1, 0.15) is 44.6 Å². The van der Waals surface area contributed by atoms with E-state index in [1.807, 2.05) is 72.8 Å². The molecule has 1 N–H and O–H groups in total. The van der Waals surface area contributed by atoms with Gasteiger partial charge in [0.05, 0.1) is 0 Å². The Labute approximate surface area is 199 Å². The van der Waals surface area contributed by atoms with Crippen LogP contribution in [0.2, 0.25) is 0 Å². The van der Waals surface area contributed by atoms with Gasteiger partial charge in [-0.3, -0.25) is 14.5 Å². The van der Waals surface area contributed by atoms with Gasteiger partial charge in [-0.25, -0.2) is 4.79 Å². The van der Waals surface area contributed by atoms with Gasteiger partial charge in [-0.15, -0.1) is 0 Å². The van der Waals surface area contributed by atoms with Crippen LogP contribution < -0.4 is 10.2 Å². The quantitative estimate of drug-likeness (QED) is 0.552. The van der Waals surface area contributed by atoms with Crippen LogP contribution in [-0.4, -0.2) is 35.3 Å². The van der Waals surface area contributed by atoms with E-state index in [1.54, 1.807) is 11.8 Å². The molecule has 1 saturated heterocycles. The van der Waals surface area contributed by atoms with Crippen molar-refractivity contribution < 1.29 is 14.4 Å². The number of para-hydroxylation sites is 1. The predicted molar refractivity (Wildman–Crippen MR) is 132 cm³/mol. The standard InChI is InChI=1S/C28H29N3O3/c1-28(24-18-10-12-20-11-8-9-17-23(20)24)26(33)30(27(34)29-28)19-25(32)31(21-13-4-2-5-14-21)22-15-6-3-7-16-22/h2,4-5,8-14,17-18,22H,3,6-7,15-16,19H2,1H3,(H,29,34)/t28-/m1/s1. The first-order valence-corrected chi connectivity index (χ1v) is 12.0. The zero-order valence-corrected chi connectivity index (χ0v) is 19.4. The number of hydrogen-bond acceptors (Lipinski definition) is 3. The minimum Gasteiger partial charge on any atom is -0.319 e. The maximum absolute atomic E-state index is 13.6. The topological polar surface area (TPSA) is 69.7 Å². The van der Waals surface area contributed by atoms with Gasteiger partial charge in [-0.1, -0.05) is 79.9 Å². The first kappa shape index (κ1) is 22.1. The number of amides is 4. The lowest BCUT2D eigenvalue weighted by Crippen LogP contribution is -2.48. The highest BCUT2D eigenvalue weighted by atomic mass is 16.2. The summed E-state index contributed by atoms with van der Waals surface area (Å²) in [6.07, 6.45) is 5.17. The van der Waals surface area contributed by atoms with Gasteiger partial charge in [0, 0.05) is 11.7 Å². The van der Waals surface area contributed by atoms with Gasteiger partial charge in [0.1, 0.15) is 12.1 Å². The highest BCUT2D eigenvalue weighted by molar-refractivity contribution is 6.12. The molecular formula is C28H29N3O3. The summed E-state index contributed by atoms with van der Waals surface area (Å²) in [5, 5.41) is 4.76. The molecular weight excluding hydrogens is 426 g/mol. The third-order valence-corrected chi connectivity index (χ3v) is 7.14. The molecule has 1 saturated carbocycles. The number of benzene rings is 3. The molecule has 1 aliphatic carbocycles. The van der Waals surface area contributed by atoms with Gasteiger partial charge >= 0.3 is 6.03 Å². The molecule has 0 spiro atoms. The molecule has 3 aromatic rings. The summed E-state index contributed by atoms with van der Waals surface area (Å²) in [6.45, 7) is 1.44. The summed E-state index contributed by atoms with van der Waals surface area (Å²) in [6, 6.07) is 22.6. The lowest BCUT2D eigenvalue weighted by molar-refractivity contribution is -0.134. The number of rotatable bonds is 5. The van der Waals surface area contributed by atoms with E-state index in [4.69, 9.17) is 0 Å². The third kappa shape index (κ3) is 3.83. The maximum Gasteiger partial charge on any atom is 0.325 e. The summed E-state index contributed by atoms with van der Waals surface area (Å²) in [4.78, 5) is 43.1. The number of nitrogens with one attached hydrogen (secondary N) is 1. The molecule has 6 nitrogen and oxygen atoms in total. The van der Waals surface area contributed by atoms with E-state index < -0.39 is 17.5 Å². The summed E-state index contributed by atoms with van der Waals surface area (Å²) >= 11 is 0. The highest BCUT2D eigenvalue weighted by Crippen LogP contribution is 2.34.